The first kappa shape index (κ1) is 14.3. The van der Waals surface area contributed by atoms with Gasteiger partial charge in [-0.3, -0.25) is 4.79 Å². The second-order valence-corrected chi connectivity index (χ2v) is 5.50. The van der Waals surface area contributed by atoms with Crippen LogP contribution >= 0.6 is 11.3 Å². The molecule has 0 unspecified atom stereocenters. The minimum atomic E-state index is -1.05. The zero-order valence-corrected chi connectivity index (χ0v) is 12.4. The number of carbonyl (C=O) groups excluding carboxylic acids is 1. The largest absolute Gasteiger partial charge is 0.477 e. The van der Waals surface area contributed by atoms with Crippen molar-refractivity contribution in [3.05, 3.63) is 44.9 Å². The number of amides is 1. The highest BCUT2D eigenvalue weighted by Crippen LogP contribution is 2.20. The van der Waals surface area contributed by atoms with Crippen molar-refractivity contribution in [2.24, 2.45) is 0 Å². The third-order valence-electron chi connectivity index (χ3n) is 3.21. The summed E-state index contributed by atoms with van der Waals surface area (Å²) in [7, 11) is 1.71. The van der Waals surface area contributed by atoms with Crippen LogP contribution in [-0.2, 0) is 6.54 Å². The zero-order chi connectivity index (χ0) is 14.9. The smallest absolute Gasteiger partial charge is 0.352 e. The molecule has 0 saturated carbocycles. The predicted molar refractivity (Wildman–Crippen MR) is 77.3 cm³/mol. The van der Waals surface area contributed by atoms with Gasteiger partial charge in [-0.2, -0.15) is 11.3 Å². The van der Waals surface area contributed by atoms with Gasteiger partial charge in [-0.1, -0.05) is 0 Å². The average Bonchev–Trinajstić information content (AvgIpc) is 2.97. The molecule has 5 nitrogen and oxygen atoms in total. The molecule has 6 heteroatoms. The Balaban J connectivity index is 2.27. The van der Waals surface area contributed by atoms with Crippen LogP contribution in [0.1, 0.15) is 37.7 Å². The molecule has 20 heavy (non-hydrogen) atoms. The Morgan fingerprint density at radius 1 is 1.40 bits per heavy atom. The lowest BCUT2D eigenvalue weighted by Crippen LogP contribution is -2.26. The Bertz CT molecular complexity index is 644. The van der Waals surface area contributed by atoms with E-state index in [-0.39, 0.29) is 11.6 Å². The number of rotatable bonds is 4. The number of hydrogen-bond donors (Lipinski definition) is 2. The molecule has 2 aromatic heterocycles. The summed E-state index contributed by atoms with van der Waals surface area (Å²) in [6, 6.07) is 1.97. The van der Waals surface area contributed by atoms with E-state index in [1.165, 1.54) is 0 Å². The quantitative estimate of drug-likeness (QED) is 0.910. The molecule has 2 rings (SSSR count). The van der Waals surface area contributed by atoms with Crippen LogP contribution in [-0.4, -0.2) is 33.9 Å². The Hall–Kier alpha value is -2.08. The van der Waals surface area contributed by atoms with Gasteiger partial charge in [0.25, 0.3) is 5.91 Å². The molecule has 0 bridgehead atoms. The highest BCUT2D eigenvalue weighted by atomic mass is 32.1. The zero-order valence-electron chi connectivity index (χ0n) is 11.6. The summed E-state index contributed by atoms with van der Waals surface area (Å²) in [5.74, 6) is -1.22. The van der Waals surface area contributed by atoms with Gasteiger partial charge in [0.2, 0.25) is 0 Å². The summed E-state index contributed by atoms with van der Waals surface area (Å²) in [4.78, 5) is 27.9. The number of nitrogens with zero attached hydrogens (tertiary/aromatic N) is 1. The van der Waals surface area contributed by atoms with Crippen LogP contribution in [0.5, 0.6) is 0 Å². The number of aromatic nitrogens is 1. The fraction of sp³-hybridized carbons (Fsp3) is 0.286. The number of carboxylic acids is 1. The van der Waals surface area contributed by atoms with Crippen LogP contribution < -0.4 is 0 Å². The molecule has 2 N–H and O–H groups in total. The fourth-order valence-corrected chi connectivity index (χ4v) is 2.86. The summed E-state index contributed by atoms with van der Waals surface area (Å²) in [5.41, 5.74) is 2.66. The van der Waals surface area contributed by atoms with Gasteiger partial charge in [-0.15, -0.1) is 0 Å². The van der Waals surface area contributed by atoms with Crippen LogP contribution in [0, 0.1) is 13.8 Å². The van der Waals surface area contributed by atoms with Gasteiger partial charge in [-0.25, -0.2) is 4.79 Å². The minimum absolute atomic E-state index is 0.0785. The molecule has 0 atom stereocenters. The van der Waals surface area contributed by atoms with Crippen molar-refractivity contribution in [3.63, 3.8) is 0 Å². The highest BCUT2D eigenvalue weighted by Gasteiger charge is 2.23. The van der Waals surface area contributed by atoms with Crippen molar-refractivity contribution < 1.29 is 14.7 Å². The topological polar surface area (TPSA) is 73.4 Å². The number of H-pyrrole nitrogens is 1. The number of aromatic amines is 1. The Kier molecular flexibility index (Phi) is 3.94. The molecule has 0 aliphatic heterocycles. The first-order valence-corrected chi connectivity index (χ1v) is 7.05. The molecule has 0 aromatic carbocycles. The Morgan fingerprint density at radius 2 is 2.10 bits per heavy atom. The molecule has 0 aliphatic rings. The van der Waals surface area contributed by atoms with E-state index in [1.54, 1.807) is 37.1 Å². The first-order valence-electron chi connectivity index (χ1n) is 6.10. The lowest BCUT2D eigenvalue weighted by Gasteiger charge is -2.17. The van der Waals surface area contributed by atoms with E-state index in [9.17, 15) is 9.59 Å². The van der Waals surface area contributed by atoms with Gasteiger partial charge in [0.1, 0.15) is 5.69 Å². The van der Waals surface area contributed by atoms with Crippen LogP contribution in [0.4, 0.5) is 0 Å². The number of aromatic carboxylic acids is 1. The van der Waals surface area contributed by atoms with Crippen LogP contribution in [0.15, 0.2) is 16.8 Å². The molecule has 0 fully saturated rings. The number of hydrogen-bond acceptors (Lipinski definition) is 3. The Labute approximate surface area is 120 Å². The summed E-state index contributed by atoms with van der Waals surface area (Å²) in [6.07, 6.45) is 0. The number of thiophene rings is 1. The van der Waals surface area contributed by atoms with Crippen molar-refractivity contribution in [1.82, 2.24) is 9.88 Å². The number of aryl methyl sites for hydroxylation is 1. The fourth-order valence-electron chi connectivity index (χ4n) is 2.20. The predicted octanol–water partition coefficient (Wildman–Crippen LogP) is 2.66. The van der Waals surface area contributed by atoms with Crippen molar-refractivity contribution in [2.75, 3.05) is 7.05 Å². The second-order valence-electron chi connectivity index (χ2n) is 4.72. The van der Waals surface area contributed by atoms with E-state index in [2.05, 4.69) is 4.98 Å². The van der Waals surface area contributed by atoms with Crippen molar-refractivity contribution in [3.8, 4) is 0 Å². The molecule has 0 radical (unpaired) electrons. The van der Waals surface area contributed by atoms with E-state index in [0.717, 1.165) is 5.56 Å². The van der Waals surface area contributed by atoms with Gasteiger partial charge in [0.15, 0.2) is 0 Å². The molecule has 0 saturated heterocycles. The molecule has 0 aliphatic carbocycles. The normalized spacial score (nSPS) is 10.6. The summed E-state index contributed by atoms with van der Waals surface area (Å²) in [5, 5.41) is 13.0. The SMILES string of the molecule is Cc1[nH]c(C(=O)O)c(C)c1C(=O)N(C)Cc1ccsc1. The molecule has 106 valence electrons. The average molecular weight is 292 g/mol. The van der Waals surface area contributed by atoms with Gasteiger partial charge in [0, 0.05) is 19.3 Å². The monoisotopic (exact) mass is 292 g/mol. The summed E-state index contributed by atoms with van der Waals surface area (Å²) in [6.45, 7) is 3.87. The van der Waals surface area contributed by atoms with Gasteiger partial charge in [-0.05, 0) is 41.8 Å². The lowest BCUT2D eigenvalue weighted by molar-refractivity contribution is 0.0690. The minimum Gasteiger partial charge on any atom is -0.477 e. The molecule has 2 heterocycles. The molecular weight excluding hydrogens is 276 g/mol. The molecule has 0 spiro atoms. The summed E-state index contributed by atoms with van der Waals surface area (Å²) >= 11 is 1.58. The standard InChI is InChI=1S/C14H16N2O3S/c1-8-11(9(2)15-12(8)14(18)19)13(17)16(3)6-10-4-5-20-7-10/h4-5,7,15H,6H2,1-3H3,(H,18,19). The van der Waals surface area contributed by atoms with E-state index in [1.807, 2.05) is 16.8 Å². The van der Waals surface area contributed by atoms with Gasteiger partial charge < -0.3 is 15.0 Å². The maximum Gasteiger partial charge on any atom is 0.352 e. The van der Waals surface area contributed by atoms with E-state index < -0.39 is 5.97 Å². The van der Waals surface area contributed by atoms with Crippen LogP contribution in [0.3, 0.4) is 0 Å². The van der Waals surface area contributed by atoms with E-state index >= 15 is 0 Å². The summed E-state index contributed by atoms with van der Waals surface area (Å²) < 4.78 is 0. The molecule has 1 amide bonds. The second kappa shape index (κ2) is 5.50. The Morgan fingerprint density at radius 3 is 2.60 bits per heavy atom. The number of carboxylic acid groups (broad SMARTS) is 1. The molecular formula is C14H16N2O3S. The van der Waals surface area contributed by atoms with E-state index in [4.69, 9.17) is 5.11 Å². The van der Waals surface area contributed by atoms with Gasteiger partial charge in [0.05, 0.1) is 5.56 Å². The lowest BCUT2D eigenvalue weighted by atomic mass is 10.1. The van der Waals surface area contributed by atoms with Crippen molar-refractivity contribution in [2.45, 2.75) is 20.4 Å². The number of nitrogens with one attached hydrogen (secondary N) is 1. The first-order chi connectivity index (χ1) is 9.41. The maximum absolute atomic E-state index is 12.5. The van der Waals surface area contributed by atoms with Crippen molar-refractivity contribution >= 4 is 23.2 Å². The molecule has 2 aromatic rings. The van der Waals surface area contributed by atoms with Crippen molar-refractivity contribution in [1.29, 1.82) is 0 Å². The third-order valence-corrected chi connectivity index (χ3v) is 3.94. The van der Waals surface area contributed by atoms with E-state index in [0.29, 0.717) is 23.4 Å². The van der Waals surface area contributed by atoms with Crippen LogP contribution in [0.2, 0.25) is 0 Å². The highest BCUT2D eigenvalue weighted by molar-refractivity contribution is 7.07. The van der Waals surface area contributed by atoms with Gasteiger partial charge >= 0.3 is 5.97 Å². The number of carbonyl (C=O) groups is 2. The van der Waals surface area contributed by atoms with Crippen LogP contribution in [0.25, 0.3) is 0 Å². The third kappa shape index (κ3) is 2.60. The maximum atomic E-state index is 12.5.